The van der Waals surface area contributed by atoms with Gasteiger partial charge >= 0.3 is 5.97 Å². The smallest absolute Gasteiger partial charge is 0.337 e. The van der Waals surface area contributed by atoms with Crippen LogP contribution in [0.1, 0.15) is 16.1 Å². The molecule has 0 saturated heterocycles. The first kappa shape index (κ1) is 13.3. The lowest BCUT2D eigenvalue weighted by Crippen LogP contribution is -2.19. The van der Waals surface area contributed by atoms with E-state index in [0.717, 1.165) is 5.69 Å². The van der Waals surface area contributed by atoms with Gasteiger partial charge in [0, 0.05) is 19.4 Å². The van der Waals surface area contributed by atoms with E-state index in [2.05, 4.69) is 9.97 Å². The molecule has 1 N–H and O–H groups in total. The minimum Gasteiger partial charge on any atom is -0.478 e. The van der Waals surface area contributed by atoms with Crippen LogP contribution in [0.25, 0.3) is 0 Å². The molecule has 0 aliphatic carbocycles. The highest BCUT2D eigenvalue weighted by atomic mass is 35.5. The zero-order valence-corrected chi connectivity index (χ0v) is 11.0. The number of carboxylic acids is 1. The summed E-state index contributed by atoms with van der Waals surface area (Å²) in [5.41, 5.74) is 0.949. The lowest BCUT2D eigenvalue weighted by atomic mass is 10.2. The first-order chi connectivity index (χ1) is 9.08. The van der Waals surface area contributed by atoms with Crippen LogP contribution in [0.5, 0.6) is 0 Å². The topological polar surface area (TPSA) is 66.3 Å². The summed E-state index contributed by atoms with van der Waals surface area (Å²) in [5.74, 6) is -0.523. The van der Waals surface area contributed by atoms with Crippen LogP contribution in [-0.4, -0.2) is 28.1 Å². The predicted molar refractivity (Wildman–Crippen MR) is 72.6 cm³/mol. The number of hydrogen-bond donors (Lipinski definition) is 1. The van der Waals surface area contributed by atoms with Gasteiger partial charge in [-0.25, -0.2) is 9.78 Å². The lowest BCUT2D eigenvalue weighted by molar-refractivity contribution is 0.0696. The normalized spacial score (nSPS) is 10.2. The van der Waals surface area contributed by atoms with Gasteiger partial charge in [-0.2, -0.15) is 0 Å². The Balaban J connectivity index is 2.20. The monoisotopic (exact) mass is 277 g/mol. The quantitative estimate of drug-likeness (QED) is 0.930. The van der Waals surface area contributed by atoms with Crippen molar-refractivity contribution in [1.82, 2.24) is 9.97 Å². The van der Waals surface area contributed by atoms with Crippen molar-refractivity contribution >= 4 is 23.4 Å². The fourth-order valence-electron chi connectivity index (χ4n) is 1.64. The summed E-state index contributed by atoms with van der Waals surface area (Å²) in [6, 6.07) is 7.03. The van der Waals surface area contributed by atoms with Gasteiger partial charge in [-0.05, 0) is 18.2 Å². The van der Waals surface area contributed by atoms with Gasteiger partial charge in [-0.15, -0.1) is 0 Å². The second-order valence-electron chi connectivity index (χ2n) is 4.01. The van der Waals surface area contributed by atoms with Crippen LogP contribution >= 0.6 is 11.6 Å². The van der Waals surface area contributed by atoms with Gasteiger partial charge in [0.25, 0.3) is 0 Å². The van der Waals surface area contributed by atoms with Crippen molar-refractivity contribution in [1.29, 1.82) is 0 Å². The summed E-state index contributed by atoms with van der Waals surface area (Å²) in [5, 5.41) is 9.16. The summed E-state index contributed by atoms with van der Waals surface area (Å²) in [7, 11) is 1.82. The van der Waals surface area contributed by atoms with Crippen LogP contribution < -0.4 is 4.90 Å². The highest BCUT2D eigenvalue weighted by Crippen LogP contribution is 2.24. The zero-order valence-electron chi connectivity index (χ0n) is 10.2. The Morgan fingerprint density at radius 3 is 2.79 bits per heavy atom. The zero-order chi connectivity index (χ0) is 13.8. The molecule has 0 bridgehead atoms. The second-order valence-corrected chi connectivity index (χ2v) is 4.42. The van der Waals surface area contributed by atoms with Crippen LogP contribution in [0.4, 0.5) is 5.82 Å². The average Bonchev–Trinajstić information content (AvgIpc) is 2.39. The number of aromatic carboxylic acids is 1. The van der Waals surface area contributed by atoms with Crippen molar-refractivity contribution in [3.05, 3.63) is 52.9 Å². The number of hydrogen-bond acceptors (Lipinski definition) is 4. The maximum atomic E-state index is 10.8. The number of nitrogens with zero attached hydrogens (tertiary/aromatic N) is 3. The maximum Gasteiger partial charge on any atom is 0.337 e. The molecule has 0 atom stereocenters. The molecule has 0 amide bonds. The number of carbonyl (C=O) groups is 1. The molecular weight excluding hydrogens is 266 g/mol. The van der Waals surface area contributed by atoms with E-state index < -0.39 is 5.97 Å². The molecule has 0 fully saturated rings. The number of carboxylic acid groups (broad SMARTS) is 1. The largest absolute Gasteiger partial charge is 0.478 e. The van der Waals surface area contributed by atoms with Gasteiger partial charge in [0.15, 0.2) is 0 Å². The van der Waals surface area contributed by atoms with Gasteiger partial charge in [0.1, 0.15) is 5.82 Å². The molecular formula is C13H12ClN3O2. The van der Waals surface area contributed by atoms with Crippen LogP contribution in [0.2, 0.25) is 5.02 Å². The predicted octanol–water partition coefficient (Wildman–Crippen LogP) is 2.46. The van der Waals surface area contributed by atoms with E-state index in [1.54, 1.807) is 6.20 Å². The molecule has 0 aliphatic heterocycles. The average molecular weight is 278 g/mol. The highest BCUT2D eigenvalue weighted by Gasteiger charge is 2.12. The summed E-state index contributed by atoms with van der Waals surface area (Å²) in [4.78, 5) is 20.9. The van der Waals surface area contributed by atoms with Crippen LogP contribution in [0.3, 0.4) is 0 Å². The maximum absolute atomic E-state index is 10.8. The van der Waals surface area contributed by atoms with Crippen molar-refractivity contribution in [2.24, 2.45) is 0 Å². The molecule has 0 aromatic carbocycles. The Morgan fingerprint density at radius 1 is 1.42 bits per heavy atom. The SMILES string of the molecule is CN(Cc1ccccn1)c1ncc(C(=O)O)cc1Cl. The molecule has 0 aliphatic rings. The Kier molecular flexibility index (Phi) is 3.97. The van der Waals surface area contributed by atoms with Gasteiger partial charge in [0.05, 0.1) is 22.8 Å². The molecule has 2 rings (SSSR count). The number of anilines is 1. The van der Waals surface area contributed by atoms with Crippen molar-refractivity contribution in [3.63, 3.8) is 0 Å². The Bertz CT molecular complexity index is 590. The van der Waals surface area contributed by atoms with E-state index in [-0.39, 0.29) is 5.56 Å². The minimum atomic E-state index is -1.05. The molecule has 2 heterocycles. The number of pyridine rings is 2. The number of rotatable bonds is 4. The first-order valence-corrected chi connectivity index (χ1v) is 5.95. The molecule has 19 heavy (non-hydrogen) atoms. The van der Waals surface area contributed by atoms with Crippen molar-refractivity contribution in [2.75, 3.05) is 11.9 Å². The third kappa shape index (κ3) is 3.20. The van der Waals surface area contributed by atoms with Crippen LogP contribution in [0.15, 0.2) is 36.7 Å². The van der Waals surface area contributed by atoms with E-state index in [9.17, 15) is 4.79 Å². The molecule has 0 saturated carbocycles. The first-order valence-electron chi connectivity index (χ1n) is 5.58. The highest BCUT2D eigenvalue weighted by molar-refractivity contribution is 6.33. The molecule has 0 radical (unpaired) electrons. The molecule has 5 nitrogen and oxygen atoms in total. The minimum absolute atomic E-state index is 0.0694. The molecule has 0 spiro atoms. The fraction of sp³-hybridized carbons (Fsp3) is 0.154. The lowest BCUT2D eigenvalue weighted by Gasteiger charge is -2.18. The molecule has 2 aromatic heterocycles. The third-order valence-electron chi connectivity index (χ3n) is 2.56. The standard InChI is InChI=1S/C13H12ClN3O2/c1-17(8-10-4-2-3-5-15-10)12-11(14)6-9(7-16-12)13(18)19/h2-7H,8H2,1H3,(H,18,19). The van der Waals surface area contributed by atoms with Crippen LogP contribution in [0, 0.1) is 0 Å². The summed E-state index contributed by atoms with van der Waals surface area (Å²) >= 11 is 6.05. The Hall–Kier alpha value is -2.14. The Labute approximate surface area is 115 Å². The second kappa shape index (κ2) is 5.67. The van der Waals surface area contributed by atoms with E-state index >= 15 is 0 Å². The van der Waals surface area contributed by atoms with E-state index in [1.807, 2.05) is 30.1 Å². The van der Waals surface area contributed by atoms with Crippen LogP contribution in [-0.2, 0) is 6.54 Å². The van der Waals surface area contributed by atoms with Crippen molar-refractivity contribution < 1.29 is 9.90 Å². The van der Waals surface area contributed by atoms with Gasteiger partial charge < -0.3 is 10.0 Å². The van der Waals surface area contributed by atoms with E-state index in [4.69, 9.17) is 16.7 Å². The van der Waals surface area contributed by atoms with E-state index in [1.165, 1.54) is 12.3 Å². The summed E-state index contributed by atoms with van der Waals surface area (Å²) < 4.78 is 0. The molecule has 98 valence electrons. The number of aromatic nitrogens is 2. The third-order valence-corrected chi connectivity index (χ3v) is 2.83. The molecule has 2 aromatic rings. The van der Waals surface area contributed by atoms with Crippen molar-refractivity contribution in [3.8, 4) is 0 Å². The molecule has 0 unspecified atom stereocenters. The summed E-state index contributed by atoms with van der Waals surface area (Å²) in [6.45, 7) is 0.542. The van der Waals surface area contributed by atoms with E-state index in [0.29, 0.717) is 17.4 Å². The Morgan fingerprint density at radius 2 is 2.21 bits per heavy atom. The molecule has 6 heteroatoms. The van der Waals surface area contributed by atoms with Gasteiger partial charge in [-0.3, -0.25) is 4.98 Å². The van der Waals surface area contributed by atoms with Crippen molar-refractivity contribution in [2.45, 2.75) is 6.54 Å². The van der Waals surface area contributed by atoms with Gasteiger partial charge in [0.2, 0.25) is 0 Å². The summed E-state index contributed by atoms with van der Waals surface area (Å²) in [6.07, 6.45) is 3.00. The van der Waals surface area contributed by atoms with Gasteiger partial charge in [-0.1, -0.05) is 17.7 Å². The fourth-order valence-corrected chi connectivity index (χ4v) is 1.95. The number of halogens is 1.